The van der Waals surface area contributed by atoms with Crippen molar-refractivity contribution >= 4 is 26.8 Å². The van der Waals surface area contributed by atoms with Crippen LogP contribution in [0.15, 0.2) is 27.7 Å². The van der Waals surface area contributed by atoms with Crippen molar-refractivity contribution in [2.75, 3.05) is 0 Å². The quantitative estimate of drug-likeness (QED) is 0.917. The molecule has 3 rings (SSSR count). The van der Waals surface area contributed by atoms with E-state index < -0.39 is 27.0 Å². The van der Waals surface area contributed by atoms with Crippen molar-refractivity contribution in [3.8, 4) is 0 Å². The van der Waals surface area contributed by atoms with Crippen LogP contribution in [0.4, 0.5) is 0 Å². The molecule has 1 saturated carbocycles. The molecular formula is C13H14N2O5S. The van der Waals surface area contributed by atoms with Crippen molar-refractivity contribution in [1.82, 2.24) is 10.3 Å². The van der Waals surface area contributed by atoms with Crippen molar-refractivity contribution in [3.63, 3.8) is 0 Å². The molecule has 0 aliphatic heterocycles. The average molecular weight is 310 g/mol. The van der Waals surface area contributed by atoms with Gasteiger partial charge in [-0.15, -0.1) is 0 Å². The number of hydrogen-bond donors (Lipinski definition) is 1. The largest absolute Gasteiger partial charge is 0.481 e. The summed E-state index contributed by atoms with van der Waals surface area (Å²) in [6.45, 7) is 0. The summed E-state index contributed by atoms with van der Waals surface area (Å²) in [4.78, 5) is 11.1. The monoisotopic (exact) mass is 310 g/mol. The summed E-state index contributed by atoms with van der Waals surface area (Å²) < 4.78 is 30.0. The molecule has 0 saturated heterocycles. The lowest BCUT2D eigenvalue weighted by Gasteiger charge is -2.25. The first-order valence-corrected chi connectivity index (χ1v) is 8.23. The van der Waals surface area contributed by atoms with Crippen molar-refractivity contribution in [2.45, 2.75) is 35.8 Å². The van der Waals surface area contributed by atoms with Crippen LogP contribution in [0.25, 0.3) is 11.0 Å². The van der Waals surface area contributed by atoms with Crippen molar-refractivity contribution < 1.29 is 22.9 Å². The molecule has 0 atom stereocenters. The van der Waals surface area contributed by atoms with Crippen LogP contribution in [-0.2, 0) is 14.6 Å². The molecule has 7 nitrogen and oxygen atoms in total. The molecule has 112 valence electrons. The third-order valence-electron chi connectivity index (χ3n) is 4.02. The molecule has 0 amide bonds. The maximum Gasteiger partial charge on any atom is 0.306 e. The third-order valence-corrected chi connectivity index (χ3v) is 6.31. The van der Waals surface area contributed by atoms with E-state index in [1.165, 1.54) is 6.07 Å². The van der Waals surface area contributed by atoms with Gasteiger partial charge in [0.1, 0.15) is 5.52 Å². The van der Waals surface area contributed by atoms with E-state index in [4.69, 9.17) is 5.11 Å². The second-order valence-corrected chi connectivity index (χ2v) is 7.44. The minimum absolute atomic E-state index is 0.111. The third kappa shape index (κ3) is 2.39. The number of aromatic nitrogens is 2. The Morgan fingerprint density at radius 2 is 1.90 bits per heavy atom. The molecule has 21 heavy (non-hydrogen) atoms. The van der Waals surface area contributed by atoms with E-state index in [1.54, 1.807) is 12.1 Å². The standard InChI is InChI=1S/C13H14N2O5S/c16-13(17)8-4-6-9(7-5-8)21(18,19)11-3-1-2-10-12(11)15-20-14-10/h1-3,8-9H,4-7H2,(H,16,17). The number of benzene rings is 1. The predicted molar refractivity (Wildman–Crippen MR) is 72.4 cm³/mol. The highest BCUT2D eigenvalue weighted by Gasteiger charge is 2.35. The van der Waals surface area contributed by atoms with Crippen LogP contribution in [0.1, 0.15) is 25.7 Å². The van der Waals surface area contributed by atoms with Gasteiger partial charge in [-0.05, 0) is 48.1 Å². The zero-order chi connectivity index (χ0) is 15.0. The van der Waals surface area contributed by atoms with E-state index in [2.05, 4.69) is 14.9 Å². The number of rotatable bonds is 3. The molecule has 1 heterocycles. The van der Waals surface area contributed by atoms with Crippen LogP contribution >= 0.6 is 0 Å². The van der Waals surface area contributed by atoms with Crippen molar-refractivity contribution in [1.29, 1.82) is 0 Å². The summed E-state index contributed by atoms with van der Waals surface area (Å²) in [5, 5.41) is 15.7. The number of carboxylic acid groups (broad SMARTS) is 1. The van der Waals surface area contributed by atoms with Crippen molar-refractivity contribution in [2.24, 2.45) is 5.92 Å². The normalized spacial score (nSPS) is 23.2. The molecule has 0 bridgehead atoms. The Balaban J connectivity index is 1.91. The molecule has 8 heteroatoms. The van der Waals surface area contributed by atoms with Gasteiger partial charge in [-0.1, -0.05) is 6.07 Å². The molecule has 1 aliphatic carbocycles. The highest BCUT2D eigenvalue weighted by Crippen LogP contribution is 2.33. The van der Waals surface area contributed by atoms with Gasteiger partial charge in [0.15, 0.2) is 15.4 Å². The molecule has 1 aromatic heterocycles. The fraction of sp³-hybridized carbons (Fsp3) is 0.462. The van der Waals surface area contributed by atoms with Gasteiger partial charge < -0.3 is 5.11 Å². The van der Waals surface area contributed by atoms with Crippen LogP contribution < -0.4 is 0 Å². The van der Waals surface area contributed by atoms with Gasteiger partial charge in [0.05, 0.1) is 16.1 Å². The van der Waals surface area contributed by atoms with E-state index in [1.807, 2.05) is 0 Å². The molecule has 1 aromatic carbocycles. The Morgan fingerprint density at radius 3 is 2.57 bits per heavy atom. The molecule has 0 unspecified atom stereocenters. The summed E-state index contributed by atoms with van der Waals surface area (Å²) in [6.07, 6.45) is 1.46. The highest BCUT2D eigenvalue weighted by molar-refractivity contribution is 7.92. The second kappa shape index (κ2) is 5.10. The van der Waals surface area contributed by atoms with Crippen LogP contribution in [-0.4, -0.2) is 35.1 Å². The average Bonchev–Trinajstić information content (AvgIpc) is 2.95. The first-order chi connectivity index (χ1) is 10.00. The maximum absolute atomic E-state index is 12.7. The number of carboxylic acids is 1. The number of hydrogen-bond acceptors (Lipinski definition) is 6. The molecule has 0 spiro atoms. The first-order valence-electron chi connectivity index (χ1n) is 6.68. The summed E-state index contributed by atoms with van der Waals surface area (Å²) in [7, 11) is -3.56. The number of sulfone groups is 1. The van der Waals surface area contributed by atoms with Crippen molar-refractivity contribution in [3.05, 3.63) is 18.2 Å². The van der Waals surface area contributed by atoms with E-state index >= 15 is 0 Å². The van der Waals surface area contributed by atoms with Gasteiger partial charge in [-0.25, -0.2) is 13.0 Å². The number of fused-ring (bicyclic) bond motifs is 1. The zero-order valence-electron chi connectivity index (χ0n) is 11.1. The fourth-order valence-electron chi connectivity index (χ4n) is 2.81. The Labute approximate surface area is 120 Å². The molecule has 1 aliphatic rings. The van der Waals surface area contributed by atoms with Gasteiger partial charge in [-0.3, -0.25) is 4.79 Å². The summed E-state index contributed by atoms with van der Waals surface area (Å²) in [6, 6.07) is 4.72. The van der Waals surface area contributed by atoms with E-state index in [0.717, 1.165) is 0 Å². The number of aliphatic carboxylic acids is 1. The van der Waals surface area contributed by atoms with E-state index in [-0.39, 0.29) is 10.4 Å². The minimum Gasteiger partial charge on any atom is -0.481 e. The molecule has 0 radical (unpaired) electrons. The molecule has 1 N–H and O–H groups in total. The zero-order valence-corrected chi connectivity index (χ0v) is 11.9. The predicted octanol–water partition coefficient (Wildman–Crippen LogP) is 1.64. The SMILES string of the molecule is O=C(O)C1CCC(S(=O)(=O)c2cccc3nonc23)CC1. The van der Waals surface area contributed by atoms with Gasteiger partial charge in [-0.2, -0.15) is 0 Å². The van der Waals surface area contributed by atoms with Gasteiger partial charge in [0, 0.05) is 0 Å². The topological polar surface area (TPSA) is 110 Å². The van der Waals surface area contributed by atoms with Gasteiger partial charge in [0.2, 0.25) is 0 Å². The lowest BCUT2D eigenvalue weighted by molar-refractivity contribution is -0.142. The second-order valence-electron chi connectivity index (χ2n) is 5.24. The van der Waals surface area contributed by atoms with Gasteiger partial charge in [0.25, 0.3) is 0 Å². The van der Waals surface area contributed by atoms with Crippen LogP contribution in [0.2, 0.25) is 0 Å². The molecular weight excluding hydrogens is 296 g/mol. The smallest absolute Gasteiger partial charge is 0.306 e. The Bertz CT molecular complexity index is 775. The van der Waals surface area contributed by atoms with E-state index in [9.17, 15) is 13.2 Å². The van der Waals surface area contributed by atoms with Gasteiger partial charge >= 0.3 is 5.97 Å². The Hall–Kier alpha value is -1.96. The van der Waals surface area contributed by atoms with E-state index in [0.29, 0.717) is 31.2 Å². The maximum atomic E-state index is 12.7. The summed E-state index contributed by atoms with van der Waals surface area (Å²) in [5.74, 6) is -1.30. The van der Waals surface area contributed by atoms with Crippen LogP contribution in [0.3, 0.4) is 0 Å². The lowest BCUT2D eigenvalue weighted by atomic mass is 9.89. The number of nitrogens with zero attached hydrogens (tertiary/aromatic N) is 2. The Morgan fingerprint density at radius 1 is 1.19 bits per heavy atom. The number of carbonyl (C=O) groups is 1. The minimum atomic E-state index is -3.56. The Kier molecular flexibility index (Phi) is 3.40. The first kappa shape index (κ1) is 14.0. The van der Waals surface area contributed by atoms with Crippen LogP contribution in [0.5, 0.6) is 0 Å². The summed E-state index contributed by atoms with van der Waals surface area (Å²) >= 11 is 0. The molecule has 1 fully saturated rings. The highest BCUT2D eigenvalue weighted by atomic mass is 32.2. The summed E-state index contributed by atoms with van der Waals surface area (Å²) in [5.41, 5.74) is 0.633. The lowest BCUT2D eigenvalue weighted by Crippen LogP contribution is -2.30. The molecule has 2 aromatic rings. The van der Waals surface area contributed by atoms with Crippen LogP contribution in [0, 0.1) is 5.92 Å². The fourth-order valence-corrected chi connectivity index (χ4v) is 4.74.